The van der Waals surface area contributed by atoms with E-state index in [4.69, 9.17) is 9.97 Å². The van der Waals surface area contributed by atoms with Gasteiger partial charge in [-0.25, -0.2) is 9.97 Å². The van der Waals surface area contributed by atoms with E-state index in [1.165, 1.54) is 21.5 Å². The Balaban J connectivity index is 0.836. The van der Waals surface area contributed by atoms with Crippen LogP contribution in [-0.4, -0.2) is 23.7 Å². The SMILES string of the molecule is N#Cc1cc(-c2ccc(-c3ccc(-c4cc(-c5ccccc5)nc(-c5ccccc5)n4)cc3)cc2)cc(C#N)c1-n1c2ccc(-n3c4ccccc4c4ccccc43)cc2c2cc(-n3c4ccccc4c4ccccc43)ccc21. The van der Waals surface area contributed by atoms with E-state index >= 15 is 0 Å². The number of hydrogen-bond acceptors (Lipinski definition) is 4. The summed E-state index contributed by atoms with van der Waals surface area (Å²) >= 11 is 0. The Morgan fingerprint density at radius 3 is 1.03 bits per heavy atom. The summed E-state index contributed by atoms with van der Waals surface area (Å²) in [7, 11) is 0. The van der Waals surface area contributed by atoms with E-state index in [1.54, 1.807) is 0 Å². The summed E-state index contributed by atoms with van der Waals surface area (Å²) in [5.74, 6) is 0.675. The van der Waals surface area contributed by atoms with Gasteiger partial charge in [-0.2, -0.15) is 10.5 Å². The number of nitrogens with zero attached hydrogens (tertiary/aromatic N) is 7. The highest BCUT2D eigenvalue weighted by atomic mass is 15.0. The Morgan fingerprint density at radius 1 is 0.266 bits per heavy atom. The van der Waals surface area contributed by atoms with Gasteiger partial charge in [0.1, 0.15) is 12.1 Å². The van der Waals surface area contributed by atoms with Crippen molar-refractivity contribution in [2.75, 3.05) is 0 Å². The predicted molar refractivity (Wildman–Crippen MR) is 322 cm³/mol. The van der Waals surface area contributed by atoms with Gasteiger partial charge in [-0.1, -0.05) is 182 Å². The molecule has 0 amide bonds. The average molecular weight is 1010 g/mol. The van der Waals surface area contributed by atoms with Gasteiger partial charge in [0, 0.05) is 60.4 Å². The van der Waals surface area contributed by atoms with Crippen molar-refractivity contribution in [3.63, 3.8) is 0 Å². The van der Waals surface area contributed by atoms with E-state index in [1.807, 2.05) is 60.7 Å². The third-order valence-electron chi connectivity index (χ3n) is 15.5. The first-order valence-electron chi connectivity index (χ1n) is 26.3. The maximum Gasteiger partial charge on any atom is 0.160 e. The van der Waals surface area contributed by atoms with Crippen LogP contribution in [0.2, 0.25) is 0 Å². The molecule has 79 heavy (non-hydrogen) atoms. The second-order valence-electron chi connectivity index (χ2n) is 20.0. The van der Waals surface area contributed by atoms with Gasteiger partial charge in [0.2, 0.25) is 0 Å². The van der Waals surface area contributed by atoms with Crippen LogP contribution in [0.15, 0.2) is 261 Å². The number of benzene rings is 11. The molecular weight excluding hydrogens is 963 g/mol. The standard InChI is InChI=1S/C72H43N7/c73-44-53-39-52(48-29-27-46(28-30-48)47-31-33-50(34-32-47)64-43-63(49-15-3-1-4-16-49)75-72(76-64)51-17-5-2-6-18-51)40-54(45-74)71(53)79-69-37-35-55(77-65-23-11-7-19-57(65)58-20-8-12-24-66(58)77)41-61(69)62-42-56(36-38-70(62)79)78-67-25-13-9-21-59(67)60-22-10-14-26-68(60)78/h1-43H. The molecule has 7 nitrogen and oxygen atoms in total. The molecule has 11 aromatic carbocycles. The highest BCUT2D eigenvalue weighted by Gasteiger charge is 2.23. The van der Waals surface area contributed by atoms with Crippen molar-refractivity contribution < 1.29 is 0 Å². The zero-order valence-electron chi connectivity index (χ0n) is 42.5. The maximum absolute atomic E-state index is 11.1. The summed E-state index contributed by atoms with van der Waals surface area (Å²) < 4.78 is 6.79. The molecule has 0 fully saturated rings. The molecule has 0 bridgehead atoms. The Hall–Kier alpha value is -11.1. The first-order valence-corrected chi connectivity index (χ1v) is 26.3. The first kappa shape index (κ1) is 45.3. The van der Waals surface area contributed by atoms with Gasteiger partial charge in [-0.05, 0) is 101 Å². The van der Waals surface area contributed by atoms with Crippen LogP contribution in [0.3, 0.4) is 0 Å². The Labute approximate surface area is 454 Å². The third-order valence-corrected chi connectivity index (χ3v) is 15.5. The van der Waals surface area contributed by atoms with Crippen molar-refractivity contribution in [2.45, 2.75) is 0 Å². The van der Waals surface area contributed by atoms with Gasteiger partial charge in [-0.15, -0.1) is 0 Å². The van der Waals surface area contributed by atoms with Crippen LogP contribution in [0.4, 0.5) is 0 Å². The molecule has 0 spiro atoms. The zero-order chi connectivity index (χ0) is 52.6. The normalized spacial score (nSPS) is 11.5. The molecule has 0 saturated heterocycles. The van der Waals surface area contributed by atoms with Crippen molar-refractivity contribution in [3.8, 4) is 85.4 Å². The second kappa shape index (κ2) is 18.3. The number of hydrogen-bond donors (Lipinski definition) is 0. The quantitative estimate of drug-likeness (QED) is 0.152. The molecule has 0 aliphatic rings. The van der Waals surface area contributed by atoms with E-state index in [0.717, 1.165) is 106 Å². The van der Waals surface area contributed by atoms with E-state index in [2.05, 4.69) is 226 Å². The lowest BCUT2D eigenvalue weighted by atomic mass is 9.95. The Bertz CT molecular complexity index is 4640. The molecule has 0 atom stereocenters. The Morgan fingerprint density at radius 2 is 0.608 bits per heavy atom. The molecule has 4 aromatic heterocycles. The number of para-hydroxylation sites is 4. The minimum Gasteiger partial charge on any atom is -0.309 e. The molecule has 4 heterocycles. The van der Waals surface area contributed by atoms with Gasteiger partial charge >= 0.3 is 0 Å². The Kier molecular flexibility index (Phi) is 10.5. The smallest absolute Gasteiger partial charge is 0.160 e. The molecule has 7 heteroatoms. The molecule has 0 aliphatic heterocycles. The van der Waals surface area contributed by atoms with Crippen LogP contribution in [0.25, 0.3) is 139 Å². The highest BCUT2D eigenvalue weighted by Crippen LogP contribution is 2.42. The van der Waals surface area contributed by atoms with Crippen molar-refractivity contribution in [2.24, 2.45) is 0 Å². The van der Waals surface area contributed by atoms with E-state index in [0.29, 0.717) is 22.6 Å². The van der Waals surface area contributed by atoms with E-state index in [-0.39, 0.29) is 0 Å². The maximum atomic E-state index is 11.1. The van der Waals surface area contributed by atoms with Crippen molar-refractivity contribution in [3.05, 3.63) is 272 Å². The fourth-order valence-electron chi connectivity index (χ4n) is 11.9. The number of rotatable bonds is 8. The number of aromatic nitrogens is 5. The fourth-order valence-corrected chi connectivity index (χ4v) is 11.9. The van der Waals surface area contributed by atoms with Crippen molar-refractivity contribution in [1.82, 2.24) is 23.7 Å². The van der Waals surface area contributed by atoms with Crippen LogP contribution < -0.4 is 0 Å². The van der Waals surface area contributed by atoms with Gasteiger partial charge < -0.3 is 13.7 Å². The molecule has 15 rings (SSSR count). The molecule has 0 N–H and O–H groups in total. The summed E-state index contributed by atoms with van der Waals surface area (Å²) in [6.07, 6.45) is 0. The molecule has 0 unspecified atom stereocenters. The monoisotopic (exact) mass is 1010 g/mol. The summed E-state index contributed by atoms with van der Waals surface area (Å²) in [5.41, 5.74) is 18.1. The molecule has 0 aliphatic carbocycles. The van der Waals surface area contributed by atoms with Gasteiger partial charge in [0.25, 0.3) is 0 Å². The largest absolute Gasteiger partial charge is 0.309 e. The van der Waals surface area contributed by atoms with Gasteiger partial charge in [-0.3, -0.25) is 0 Å². The average Bonchev–Trinajstić information content (AvgIpc) is 4.39. The van der Waals surface area contributed by atoms with E-state index < -0.39 is 0 Å². The molecule has 0 radical (unpaired) electrons. The molecule has 15 aromatic rings. The predicted octanol–water partition coefficient (Wildman–Crippen LogP) is 17.8. The number of nitriles is 2. The number of fused-ring (bicyclic) bond motifs is 9. The summed E-state index contributed by atoms with van der Waals surface area (Å²) in [5, 5.41) is 29.0. The van der Waals surface area contributed by atoms with Gasteiger partial charge in [0.05, 0.1) is 61.3 Å². The highest BCUT2D eigenvalue weighted by molar-refractivity contribution is 6.14. The van der Waals surface area contributed by atoms with Crippen molar-refractivity contribution >= 4 is 65.4 Å². The van der Waals surface area contributed by atoms with Crippen LogP contribution in [0.1, 0.15) is 11.1 Å². The lowest BCUT2D eigenvalue weighted by molar-refractivity contribution is 1.14. The topological polar surface area (TPSA) is 88.2 Å². The lowest BCUT2D eigenvalue weighted by Gasteiger charge is -2.15. The fraction of sp³-hybridized carbons (Fsp3) is 0. The minimum atomic E-state index is 0.404. The molecule has 366 valence electrons. The van der Waals surface area contributed by atoms with Crippen LogP contribution in [0, 0.1) is 22.7 Å². The van der Waals surface area contributed by atoms with Crippen LogP contribution in [0.5, 0.6) is 0 Å². The van der Waals surface area contributed by atoms with E-state index in [9.17, 15) is 10.5 Å². The summed E-state index contributed by atoms with van der Waals surface area (Å²) in [6, 6.07) is 95.4. The molecular formula is C72H43N7. The minimum absolute atomic E-state index is 0.404. The van der Waals surface area contributed by atoms with Crippen LogP contribution >= 0.6 is 0 Å². The zero-order valence-corrected chi connectivity index (χ0v) is 42.5. The van der Waals surface area contributed by atoms with Crippen LogP contribution in [-0.2, 0) is 0 Å². The summed E-state index contributed by atoms with van der Waals surface area (Å²) in [6.45, 7) is 0. The third kappa shape index (κ3) is 7.41. The van der Waals surface area contributed by atoms with Gasteiger partial charge in [0.15, 0.2) is 5.82 Å². The second-order valence-corrected chi connectivity index (χ2v) is 20.0. The lowest BCUT2D eigenvalue weighted by Crippen LogP contribution is -2.02. The van der Waals surface area contributed by atoms with Crippen molar-refractivity contribution in [1.29, 1.82) is 10.5 Å². The first-order chi connectivity index (χ1) is 39.1. The molecule has 0 saturated carbocycles. The summed E-state index contributed by atoms with van der Waals surface area (Å²) in [4.78, 5) is 9.99.